The number of rotatable bonds is 8. The van der Waals surface area contributed by atoms with E-state index >= 15 is 0 Å². The number of nitrogens with one attached hydrogen (secondary N) is 1. The van der Waals surface area contributed by atoms with Gasteiger partial charge >= 0.3 is 0 Å². The lowest BCUT2D eigenvalue weighted by Gasteiger charge is -2.38. The van der Waals surface area contributed by atoms with Gasteiger partial charge in [0.1, 0.15) is 0 Å². The molecular weight excluding hydrogens is 328 g/mol. The molecule has 2 aromatic rings. The molecule has 2 N–H and O–H groups in total. The zero-order chi connectivity index (χ0) is 18.5. The molecule has 0 unspecified atom stereocenters. The van der Waals surface area contributed by atoms with Gasteiger partial charge in [0.2, 0.25) is 5.91 Å². The van der Waals surface area contributed by atoms with Gasteiger partial charge in [-0.15, -0.1) is 0 Å². The van der Waals surface area contributed by atoms with Crippen molar-refractivity contribution in [3.63, 3.8) is 0 Å². The largest absolute Gasteiger partial charge is 0.393 e. The Balaban J connectivity index is 1.50. The summed E-state index contributed by atoms with van der Waals surface area (Å²) in [5.74, 6) is 0.421. The lowest BCUT2D eigenvalue weighted by atomic mass is 9.75. The van der Waals surface area contributed by atoms with Gasteiger partial charge in [-0.2, -0.15) is 5.10 Å². The molecule has 26 heavy (non-hydrogen) atoms. The molecule has 0 spiro atoms. The molecule has 1 amide bonds. The van der Waals surface area contributed by atoms with Crippen molar-refractivity contribution in [1.29, 1.82) is 0 Å². The van der Waals surface area contributed by atoms with Gasteiger partial charge in [0.25, 0.3) is 0 Å². The third-order valence-corrected chi connectivity index (χ3v) is 5.15. The number of pyridine rings is 1. The summed E-state index contributed by atoms with van der Waals surface area (Å²) in [5.41, 5.74) is 3.30. The molecule has 1 aliphatic carbocycles. The predicted molar refractivity (Wildman–Crippen MR) is 99.5 cm³/mol. The van der Waals surface area contributed by atoms with E-state index in [1.807, 2.05) is 36.7 Å². The van der Waals surface area contributed by atoms with Gasteiger partial charge in [0.15, 0.2) is 0 Å². The van der Waals surface area contributed by atoms with Crippen LogP contribution >= 0.6 is 0 Å². The first kappa shape index (κ1) is 18.6. The van der Waals surface area contributed by atoms with Gasteiger partial charge in [-0.05, 0) is 69.2 Å². The van der Waals surface area contributed by atoms with Gasteiger partial charge in [-0.25, -0.2) is 0 Å². The van der Waals surface area contributed by atoms with E-state index in [2.05, 4.69) is 15.4 Å². The van der Waals surface area contributed by atoms with Crippen LogP contribution in [0.4, 0.5) is 0 Å². The molecule has 0 aliphatic heterocycles. The van der Waals surface area contributed by atoms with Crippen molar-refractivity contribution >= 4 is 5.91 Å². The number of hydrogen-bond donors (Lipinski definition) is 2. The Morgan fingerprint density at radius 1 is 1.35 bits per heavy atom. The Kier molecular flexibility index (Phi) is 6.04. The normalized spacial score (nSPS) is 20.4. The fourth-order valence-corrected chi connectivity index (χ4v) is 3.64. The van der Waals surface area contributed by atoms with Crippen molar-refractivity contribution in [2.45, 2.75) is 64.6 Å². The lowest BCUT2D eigenvalue weighted by molar-refractivity contribution is -0.123. The van der Waals surface area contributed by atoms with Crippen LogP contribution in [0.25, 0.3) is 0 Å². The summed E-state index contributed by atoms with van der Waals surface area (Å²) in [7, 11) is 0. The SMILES string of the molecule is Cc1cc(C)n(CCCC(=O)N[C@@H](Cc2ccncc2)C2CC(O)C2)n1. The number of nitrogens with zero attached hydrogens (tertiary/aromatic N) is 3. The minimum atomic E-state index is -0.220. The van der Waals surface area contributed by atoms with Crippen molar-refractivity contribution in [1.82, 2.24) is 20.1 Å². The molecule has 1 saturated carbocycles. The molecule has 2 aromatic heterocycles. The molecule has 0 bridgehead atoms. The van der Waals surface area contributed by atoms with Crippen LogP contribution in [0.15, 0.2) is 30.6 Å². The molecule has 2 heterocycles. The predicted octanol–water partition coefficient (Wildman–Crippen LogP) is 2.17. The van der Waals surface area contributed by atoms with E-state index in [-0.39, 0.29) is 18.1 Å². The Labute approximate surface area is 154 Å². The van der Waals surface area contributed by atoms with Gasteiger partial charge in [-0.1, -0.05) is 0 Å². The van der Waals surface area contributed by atoms with E-state index in [9.17, 15) is 9.90 Å². The van der Waals surface area contributed by atoms with E-state index in [4.69, 9.17) is 0 Å². The maximum absolute atomic E-state index is 12.4. The van der Waals surface area contributed by atoms with Crippen LogP contribution in [-0.4, -0.2) is 37.9 Å². The van der Waals surface area contributed by atoms with Crippen LogP contribution in [0.3, 0.4) is 0 Å². The highest BCUT2D eigenvalue weighted by Gasteiger charge is 2.34. The molecule has 0 aromatic carbocycles. The summed E-state index contributed by atoms with van der Waals surface area (Å²) in [6.45, 7) is 4.77. The number of carbonyl (C=O) groups is 1. The second-order valence-electron chi connectivity index (χ2n) is 7.37. The number of hydrogen-bond acceptors (Lipinski definition) is 4. The summed E-state index contributed by atoms with van der Waals surface area (Å²) in [4.78, 5) is 16.5. The summed E-state index contributed by atoms with van der Waals surface area (Å²) < 4.78 is 1.96. The number of aliphatic hydroxyl groups is 1. The first-order chi connectivity index (χ1) is 12.5. The smallest absolute Gasteiger partial charge is 0.220 e. The highest BCUT2D eigenvalue weighted by molar-refractivity contribution is 5.76. The molecule has 3 rings (SSSR count). The Morgan fingerprint density at radius 2 is 2.08 bits per heavy atom. The Hall–Kier alpha value is -2.21. The van der Waals surface area contributed by atoms with E-state index < -0.39 is 0 Å². The quantitative estimate of drug-likeness (QED) is 0.760. The summed E-state index contributed by atoms with van der Waals surface area (Å²) in [6, 6.07) is 6.09. The number of aliphatic hydroxyl groups excluding tert-OH is 1. The second kappa shape index (κ2) is 8.45. The minimum absolute atomic E-state index is 0.0713. The maximum Gasteiger partial charge on any atom is 0.220 e. The summed E-state index contributed by atoms with van der Waals surface area (Å²) >= 11 is 0. The summed E-state index contributed by atoms with van der Waals surface area (Å²) in [5, 5.41) is 17.3. The molecule has 140 valence electrons. The van der Waals surface area contributed by atoms with Gasteiger partial charge < -0.3 is 10.4 Å². The van der Waals surface area contributed by atoms with Gasteiger partial charge in [-0.3, -0.25) is 14.5 Å². The average Bonchev–Trinajstić information content (AvgIpc) is 2.90. The number of aryl methyl sites for hydroxylation is 3. The monoisotopic (exact) mass is 356 g/mol. The van der Waals surface area contributed by atoms with Crippen LogP contribution in [0, 0.1) is 19.8 Å². The Bertz CT molecular complexity index is 723. The Morgan fingerprint density at radius 3 is 2.69 bits per heavy atom. The van der Waals surface area contributed by atoms with Gasteiger partial charge in [0, 0.05) is 37.1 Å². The molecule has 6 heteroatoms. The van der Waals surface area contributed by atoms with Crippen molar-refractivity contribution in [3.8, 4) is 0 Å². The molecule has 1 fully saturated rings. The molecule has 6 nitrogen and oxygen atoms in total. The summed E-state index contributed by atoms with van der Waals surface area (Å²) in [6.07, 6.45) is 6.90. The van der Waals surface area contributed by atoms with E-state index in [1.54, 1.807) is 12.4 Å². The minimum Gasteiger partial charge on any atom is -0.393 e. The van der Waals surface area contributed by atoms with E-state index in [1.165, 1.54) is 0 Å². The van der Waals surface area contributed by atoms with Crippen molar-refractivity contribution in [2.24, 2.45) is 5.92 Å². The first-order valence-corrected chi connectivity index (χ1v) is 9.38. The molecular formula is C20H28N4O2. The van der Waals surface area contributed by atoms with Crippen LogP contribution < -0.4 is 5.32 Å². The fraction of sp³-hybridized carbons (Fsp3) is 0.550. The molecule has 1 aliphatic rings. The third-order valence-electron chi connectivity index (χ3n) is 5.15. The number of carbonyl (C=O) groups excluding carboxylic acids is 1. The average molecular weight is 356 g/mol. The highest BCUT2D eigenvalue weighted by Crippen LogP contribution is 2.31. The molecule has 0 radical (unpaired) electrons. The topological polar surface area (TPSA) is 80.0 Å². The van der Waals surface area contributed by atoms with Crippen LogP contribution in [-0.2, 0) is 17.8 Å². The van der Waals surface area contributed by atoms with E-state index in [0.717, 1.165) is 49.2 Å². The van der Waals surface area contributed by atoms with E-state index in [0.29, 0.717) is 12.3 Å². The first-order valence-electron chi connectivity index (χ1n) is 9.38. The zero-order valence-corrected chi connectivity index (χ0v) is 15.6. The fourth-order valence-electron chi connectivity index (χ4n) is 3.64. The van der Waals surface area contributed by atoms with Crippen LogP contribution in [0.5, 0.6) is 0 Å². The lowest BCUT2D eigenvalue weighted by Crippen LogP contribution is -2.48. The number of aromatic nitrogens is 3. The van der Waals surface area contributed by atoms with Crippen molar-refractivity contribution in [3.05, 3.63) is 47.5 Å². The molecule has 0 saturated heterocycles. The second-order valence-corrected chi connectivity index (χ2v) is 7.37. The van der Waals surface area contributed by atoms with Crippen LogP contribution in [0.2, 0.25) is 0 Å². The highest BCUT2D eigenvalue weighted by atomic mass is 16.3. The van der Waals surface area contributed by atoms with Crippen molar-refractivity contribution < 1.29 is 9.90 Å². The number of amides is 1. The third kappa shape index (κ3) is 4.91. The maximum atomic E-state index is 12.4. The van der Waals surface area contributed by atoms with Gasteiger partial charge in [0.05, 0.1) is 11.8 Å². The van der Waals surface area contributed by atoms with Crippen molar-refractivity contribution in [2.75, 3.05) is 0 Å². The molecule has 1 atom stereocenters. The van der Waals surface area contributed by atoms with Crippen LogP contribution in [0.1, 0.15) is 42.6 Å². The standard InChI is InChI=1S/C20H28N4O2/c1-14-10-15(2)24(23-14)9-3-4-20(26)22-19(17-12-18(25)13-17)11-16-5-7-21-8-6-16/h5-8,10,17-19,25H,3-4,9,11-13H2,1-2H3,(H,22,26)/t17?,18?,19-/m0/s1. The zero-order valence-electron chi connectivity index (χ0n) is 15.6.